The molecule has 0 bridgehead atoms. The molecule has 0 fully saturated rings. The normalized spacial score (nSPS) is 13.4. The highest BCUT2D eigenvalue weighted by atomic mass is 16.3. The van der Waals surface area contributed by atoms with Crippen molar-refractivity contribution in [2.45, 2.75) is 20.4 Å². The molecule has 1 rings (SSSR count). The average Bonchev–Trinajstić information content (AvgIpc) is 2.79. The third kappa shape index (κ3) is 5.30. The van der Waals surface area contributed by atoms with E-state index in [1.807, 2.05) is 40.3 Å². The summed E-state index contributed by atoms with van der Waals surface area (Å²) in [4.78, 5) is 6.59. The molecule has 0 aliphatic carbocycles. The van der Waals surface area contributed by atoms with Crippen LogP contribution in [0.4, 0.5) is 0 Å². The molecule has 1 aromatic rings. The molecule has 0 spiro atoms. The van der Waals surface area contributed by atoms with Crippen molar-refractivity contribution in [3.05, 3.63) is 18.0 Å². The molecule has 0 aliphatic rings. The standard InChI is InChI=1S/C13H25N5O/c1-5-14-13(15-6-11(2)10-19)17(3)8-12-7-16-18(4)9-12/h7,9,11,19H,5-6,8,10H2,1-4H3,(H,14,15). The van der Waals surface area contributed by atoms with Crippen LogP contribution in [0.25, 0.3) is 0 Å². The lowest BCUT2D eigenvalue weighted by atomic mass is 10.2. The molecule has 0 aliphatic heterocycles. The second-order valence-electron chi connectivity index (χ2n) is 4.86. The van der Waals surface area contributed by atoms with Crippen molar-refractivity contribution >= 4 is 5.96 Å². The summed E-state index contributed by atoms with van der Waals surface area (Å²) in [6.45, 7) is 6.39. The molecule has 19 heavy (non-hydrogen) atoms. The topological polar surface area (TPSA) is 65.7 Å². The van der Waals surface area contributed by atoms with E-state index in [9.17, 15) is 0 Å². The number of rotatable bonds is 6. The number of nitrogens with one attached hydrogen (secondary N) is 1. The van der Waals surface area contributed by atoms with Gasteiger partial charge in [0.05, 0.1) is 6.20 Å². The van der Waals surface area contributed by atoms with Crippen LogP contribution in [0.1, 0.15) is 19.4 Å². The highest BCUT2D eigenvalue weighted by Gasteiger charge is 2.08. The molecule has 0 radical (unpaired) electrons. The van der Waals surface area contributed by atoms with Gasteiger partial charge in [-0.2, -0.15) is 5.10 Å². The molecule has 1 atom stereocenters. The van der Waals surface area contributed by atoms with Crippen LogP contribution in [0, 0.1) is 5.92 Å². The largest absolute Gasteiger partial charge is 0.396 e. The Morgan fingerprint density at radius 2 is 2.37 bits per heavy atom. The van der Waals surface area contributed by atoms with Gasteiger partial charge in [0.1, 0.15) is 0 Å². The van der Waals surface area contributed by atoms with Crippen molar-refractivity contribution in [3.63, 3.8) is 0 Å². The van der Waals surface area contributed by atoms with Crippen molar-refractivity contribution < 1.29 is 5.11 Å². The SMILES string of the molecule is CCNC(=NCC(C)CO)N(C)Cc1cnn(C)c1. The Labute approximate surface area is 115 Å². The molecular formula is C13H25N5O. The summed E-state index contributed by atoms with van der Waals surface area (Å²) >= 11 is 0. The molecule has 2 N–H and O–H groups in total. The number of aromatic nitrogens is 2. The number of hydrogen-bond acceptors (Lipinski definition) is 3. The van der Waals surface area contributed by atoms with Gasteiger partial charge in [0, 0.05) is 52.1 Å². The average molecular weight is 267 g/mol. The van der Waals surface area contributed by atoms with Gasteiger partial charge in [-0.25, -0.2) is 0 Å². The van der Waals surface area contributed by atoms with E-state index in [2.05, 4.69) is 20.3 Å². The molecule has 6 nitrogen and oxygen atoms in total. The van der Waals surface area contributed by atoms with Crippen LogP contribution in [-0.2, 0) is 13.6 Å². The third-order valence-corrected chi connectivity index (χ3v) is 2.74. The number of aliphatic imine (C=N–C) groups is 1. The molecule has 1 unspecified atom stereocenters. The number of aliphatic hydroxyl groups excluding tert-OH is 1. The molecule has 1 aromatic heterocycles. The van der Waals surface area contributed by atoms with Crippen molar-refractivity contribution in [1.29, 1.82) is 0 Å². The van der Waals surface area contributed by atoms with Gasteiger partial charge in [0.2, 0.25) is 0 Å². The quantitative estimate of drug-likeness (QED) is 0.580. The summed E-state index contributed by atoms with van der Waals surface area (Å²) < 4.78 is 1.79. The predicted molar refractivity (Wildman–Crippen MR) is 76.9 cm³/mol. The predicted octanol–water partition coefficient (Wildman–Crippen LogP) is 0.446. The van der Waals surface area contributed by atoms with Gasteiger partial charge in [-0.1, -0.05) is 6.92 Å². The Balaban J connectivity index is 2.63. The summed E-state index contributed by atoms with van der Waals surface area (Å²) in [6, 6.07) is 0. The Morgan fingerprint density at radius 1 is 1.63 bits per heavy atom. The monoisotopic (exact) mass is 267 g/mol. The maximum Gasteiger partial charge on any atom is 0.193 e. The molecule has 6 heteroatoms. The van der Waals surface area contributed by atoms with E-state index in [-0.39, 0.29) is 12.5 Å². The van der Waals surface area contributed by atoms with Crippen LogP contribution in [0.2, 0.25) is 0 Å². The van der Waals surface area contributed by atoms with Crippen LogP contribution >= 0.6 is 0 Å². The third-order valence-electron chi connectivity index (χ3n) is 2.74. The maximum atomic E-state index is 9.04. The highest BCUT2D eigenvalue weighted by Crippen LogP contribution is 2.02. The number of aryl methyl sites for hydroxylation is 1. The summed E-state index contributed by atoms with van der Waals surface area (Å²) in [5, 5.41) is 16.5. The van der Waals surface area contributed by atoms with Gasteiger partial charge < -0.3 is 15.3 Å². The van der Waals surface area contributed by atoms with E-state index in [1.54, 1.807) is 4.68 Å². The fourth-order valence-electron chi connectivity index (χ4n) is 1.67. The van der Waals surface area contributed by atoms with E-state index in [0.717, 1.165) is 24.6 Å². The Bertz CT molecular complexity index is 401. The lowest BCUT2D eigenvalue weighted by Crippen LogP contribution is -2.38. The van der Waals surface area contributed by atoms with Gasteiger partial charge in [-0.15, -0.1) is 0 Å². The fourth-order valence-corrected chi connectivity index (χ4v) is 1.67. The first-order chi connectivity index (χ1) is 9.06. The first-order valence-corrected chi connectivity index (χ1v) is 6.64. The summed E-state index contributed by atoms with van der Waals surface area (Å²) in [7, 11) is 3.91. The number of hydrogen-bond donors (Lipinski definition) is 2. The van der Waals surface area contributed by atoms with E-state index < -0.39 is 0 Å². The molecule has 0 saturated heterocycles. The molecule has 0 aromatic carbocycles. The highest BCUT2D eigenvalue weighted by molar-refractivity contribution is 5.79. The van der Waals surface area contributed by atoms with E-state index in [4.69, 9.17) is 5.11 Å². The number of aliphatic hydroxyl groups is 1. The van der Waals surface area contributed by atoms with E-state index in [0.29, 0.717) is 6.54 Å². The fraction of sp³-hybridized carbons (Fsp3) is 0.692. The van der Waals surface area contributed by atoms with Crippen LogP contribution < -0.4 is 5.32 Å². The smallest absolute Gasteiger partial charge is 0.193 e. The van der Waals surface area contributed by atoms with Crippen molar-refractivity contribution in [3.8, 4) is 0 Å². The molecule has 1 heterocycles. The second-order valence-corrected chi connectivity index (χ2v) is 4.86. The van der Waals surface area contributed by atoms with Crippen LogP contribution in [0.5, 0.6) is 0 Å². The summed E-state index contributed by atoms with van der Waals surface area (Å²) in [6.07, 6.45) is 3.85. The first kappa shape index (κ1) is 15.5. The van der Waals surface area contributed by atoms with Gasteiger partial charge in [-0.3, -0.25) is 9.67 Å². The van der Waals surface area contributed by atoms with E-state index in [1.165, 1.54) is 0 Å². The van der Waals surface area contributed by atoms with Gasteiger partial charge in [-0.05, 0) is 12.8 Å². The second kappa shape index (κ2) is 7.78. The molecule has 0 amide bonds. The maximum absolute atomic E-state index is 9.04. The minimum atomic E-state index is 0.162. The number of guanidine groups is 1. The Morgan fingerprint density at radius 3 is 2.89 bits per heavy atom. The Kier molecular flexibility index (Phi) is 6.35. The number of nitrogens with zero attached hydrogens (tertiary/aromatic N) is 4. The molecular weight excluding hydrogens is 242 g/mol. The van der Waals surface area contributed by atoms with Crippen LogP contribution in [0.15, 0.2) is 17.4 Å². The van der Waals surface area contributed by atoms with Crippen molar-refractivity contribution in [2.24, 2.45) is 18.0 Å². The van der Waals surface area contributed by atoms with Crippen LogP contribution in [-0.4, -0.2) is 52.5 Å². The van der Waals surface area contributed by atoms with E-state index >= 15 is 0 Å². The zero-order valence-electron chi connectivity index (χ0n) is 12.3. The minimum Gasteiger partial charge on any atom is -0.396 e. The zero-order chi connectivity index (χ0) is 14.3. The van der Waals surface area contributed by atoms with Gasteiger partial charge in [0.25, 0.3) is 0 Å². The van der Waals surface area contributed by atoms with Crippen molar-refractivity contribution in [2.75, 3.05) is 26.7 Å². The van der Waals surface area contributed by atoms with Gasteiger partial charge >= 0.3 is 0 Å². The van der Waals surface area contributed by atoms with Crippen LogP contribution in [0.3, 0.4) is 0 Å². The summed E-state index contributed by atoms with van der Waals surface area (Å²) in [5.41, 5.74) is 1.14. The van der Waals surface area contributed by atoms with Gasteiger partial charge in [0.15, 0.2) is 5.96 Å². The van der Waals surface area contributed by atoms with Crippen molar-refractivity contribution in [1.82, 2.24) is 20.0 Å². The minimum absolute atomic E-state index is 0.162. The molecule has 0 saturated carbocycles. The lowest BCUT2D eigenvalue weighted by molar-refractivity contribution is 0.241. The summed E-state index contributed by atoms with van der Waals surface area (Å²) in [5.74, 6) is 1.03. The first-order valence-electron chi connectivity index (χ1n) is 6.64. The lowest BCUT2D eigenvalue weighted by Gasteiger charge is -2.21. The molecule has 108 valence electrons. The zero-order valence-corrected chi connectivity index (χ0v) is 12.3. The Hall–Kier alpha value is -1.56.